The van der Waals surface area contributed by atoms with Gasteiger partial charge in [-0.3, -0.25) is 9.59 Å². The molecule has 1 aliphatic heterocycles. The van der Waals surface area contributed by atoms with Gasteiger partial charge in [0, 0.05) is 42.6 Å². The third-order valence-corrected chi connectivity index (χ3v) is 5.65. The molecule has 0 bridgehead atoms. The summed E-state index contributed by atoms with van der Waals surface area (Å²) in [5.41, 5.74) is 1.91. The summed E-state index contributed by atoms with van der Waals surface area (Å²) in [4.78, 5) is 28.7. The molecule has 7 heteroatoms. The topological polar surface area (TPSA) is 66.7 Å². The number of rotatable bonds is 3. The van der Waals surface area contributed by atoms with Gasteiger partial charge in [0.05, 0.1) is 5.69 Å². The molecule has 1 saturated carbocycles. The van der Waals surface area contributed by atoms with Crippen molar-refractivity contribution in [3.63, 3.8) is 0 Å². The Balaban J connectivity index is 1.31. The molecule has 136 valence electrons. The molecule has 1 aliphatic carbocycles. The Labute approximate surface area is 160 Å². The van der Waals surface area contributed by atoms with Gasteiger partial charge in [-0.1, -0.05) is 33.2 Å². The molecule has 2 heterocycles. The van der Waals surface area contributed by atoms with E-state index < -0.39 is 0 Å². The van der Waals surface area contributed by atoms with Crippen LogP contribution in [0.25, 0.3) is 0 Å². The van der Waals surface area contributed by atoms with Gasteiger partial charge in [0.1, 0.15) is 0 Å². The summed E-state index contributed by atoms with van der Waals surface area (Å²) in [7, 11) is 0. The van der Waals surface area contributed by atoms with Crippen LogP contribution in [0.3, 0.4) is 0 Å². The van der Waals surface area contributed by atoms with E-state index in [1.807, 2.05) is 17.0 Å². The lowest BCUT2D eigenvalue weighted by atomic mass is 10.1. The zero-order chi connectivity index (χ0) is 18.3. The number of aryl methyl sites for hydroxylation is 1. The fourth-order valence-corrected chi connectivity index (χ4v) is 3.80. The molecule has 1 aromatic heterocycles. The van der Waals surface area contributed by atoms with Crippen LogP contribution in [0.2, 0.25) is 0 Å². The molecule has 2 aliphatic rings. The van der Waals surface area contributed by atoms with Gasteiger partial charge in [0.15, 0.2) is 0 Å². The van der Waals surface area contributed by atoms with E-state index in [0.717, 1.165) is 10.9 Å². The second kappa shape index (κ2) is 6.87. The third kappa shape index (κ3) is 3.40. The Morgan fingerprint density at radius 2 is 1.77 bits per heavy atom. The second-order valence-corrected chi connectivity index (χ2v) is 7.87. The number of carbonyl (C=O) groups excluding carboxylic acids is 2. The number of hydrogen-bond donors (Lipinski definition) is 0. The van der Waals surface area contributed by atoms with E-state index >= 15 is 0 Å². The lowest BCUT2D eigenvalue weighted by Gasteiger charge is -2.34. The van der Waals surface area contributed by atoms with Gasteiger partial charge in [0.2, 0.25) is 11.7 Å². The van der Waals surface area contributed by atoms with Crippen LogP contribution in [0, 0.1) is 12.8 Å². The van der Waals surface area contributed by atoms with Crippen LogP contribution in [0.1, 0.15) is 34.2 Å². The van der Waals surface area contributed by atoms with Crippen molar-refractivity contribution in [3.8, 4) is 0 Å². The van der Waals surface area contributed by atoms with Crippen molar-refractivity contribution in [3.05, 3.63) is 51.8 Å². The molecule has 0 spiro atoms. The van der Waals surface area contributed by atoms with E-state index in [9.17, 15) is 9.59 Å². The van der Waals surface area contributed by atoms with Gasteiger partial charge in [-0.2, -0.15) is 0 Å². The van der Waals surface area contributed by atoms with Crippen molar-refractivity contribution in [1.29, 1.82) is 0 Å². The fourth-order valence-electron chi connectivity index (χ4n) is 3.53. The predicted molar refractivity (Wildman–Crippen MR) is 98.7 cm³/mol. The Morgan fingerprint density at radius 3 is 2.38 bits per heavy atom. The maximum atomic E-state index is 12.7. The Bertz CT molecular complexity index is 825. The SMILES string of the molecule is Cc1cc(C(=O)N2CCN(C(=O)C3CC3c3ccc(Br)cc3)CC2)on1. The summed E-state index contributed by atoms with van der Waals surface area (Å²) in [6, 6.07) is 9.85. The Hall–Kier alpha value is -2.15. The summed E-state index contributed by atoms with van der Waals surface area (Å²) in [6.07, 6.45) is 0.914. The second-order valence-electron chi connectivity index (χ2n) is 6.95. The van der Waals surface area contributed by atoms with E-state index in [-0.39, 0.29) is 23.5 Å². The molecular weight excluding hydrogens is 398 g/mol. The number of amides is 2. The largest absolute Gasteiger partial charge is 0.351 e. The number of hydrogen-bond acceptors (Lipinski definition) is 4. The molecule has 0 radical (unpaired) electrons. The van der Waals surface area contributed by atoms with Crippen LogP contribution in [0.4, 0.5) is 0 Å². The van der Waals surface area contributed by atoms with Gasteiger partial charge in [-0.05, 0) is 37.0 Å². The van der Waals surface area contributed by atoms with Gasteiger partial charge >= 0.3 is 0 Å². The third-order valence-electron chi connectivity index (χ3n) is 5.12. The Morgan fingerprint density at radius 1 is 1.12 bits per heavy atom. The molecule has 1 aromatic carbocycles. The monoisotopic (exact) mass is 417 g/mol. The van der Waals surface area contributed by atoms with Crippen LogP contribution in [-0.4, -0.2) is 52.9 Å². The number of nitrogens with zero attached hydrogens (tertiary/aromatic N) is 3. The maximum absolute atomic E-state index is 12.7. The summed E-state index contributed by atoms with van der Waals surface area (Å²) in [6.45, 7) is 3.98. The van der Waals surface area contributed by atoms with E-state index in [1.165, 1.54) is 5.56 Å². The average molecular weight is 418 g/mol. The molecule has 0 N–H and O–H groups in total. The number of carbonyl (C=O) groups is 2. The van der Waals surface area contributed by atoms with Crippen LogP contribution < -0.4 is 0 Å². The first-order valence-electron chi connectivity index (χ1n) is 8.80. The summed E-state index contributed by atoms with van der Waals surface area (Å²) in [5, 5.41) is 3.76. The fraction of sp³-hybridized carbons (Fsp3) is 0.421. The van der Waals surface area contributed by atoms with Crippen molar-refractivity contribution in [2.24, 2.45) is 5.92 Å². The maximum Gasteiger partial charge on any atom is 0.292 e. The van der Waals surface area contributed by atoms with Crippen molar-refractivity contribution in [1.82, 2.24) is 15.0 Å². The molecule has 2 fully saturated rings. The minimum absolute atomic E-state index is 0.0790. The minimum atomic E-state index is -0.156. The zero-order valence-corrected chi connectivity index (χ0v) is 16.1. The first kappa shape index (κ1) is 17.3. The first-order valence-corrected chi connectivity index (χ1v) is 9.59. The molecule has 6 nitrogen and oxygen atoms in total. The molecule has 26 heavy (non-hydrogen) atoms. The van der Waals surface area contributed by atoms with Crippen molar-refractivity contribution in [2.45, 2.75) is 19.3 Å². The molecule has 2 aromatic rings. The van der Waals surface area contributed by atoms with E-state index in [0.29, 0.717) is 37.8 Å². The van der Waals surface area contributed by atoms with Gasteiger partial charge < -0.3 is 14.3 Å². The van der Waals surface area contributed by atoms with E-state index in [1.54, 1.807) is 17.9 Å². The van der Waals surface area contributed by atoms with Crippen LogP contribution in [0.15, 0.2) is 39.3 Å². The smallest absolute Gasteiger partial charge is 0.292 e. The standard InChI is InChI=1S/C19H20BrN3O3/c1-12-10-17(26-21-12)19(25)23-8-6-22(7-9-23)18(24)16-11-15(16)13-2-4-14(20)5-3-13/h2-5,10,15-16H,6-9,11H2,1H3. The number of aromatic nitrogens is 1. The van der Waals surface area contributed by atoms with E-state index in [4.69, 9.17) is 4.52 Å². The Kier molecular flexibility index (Phi) is 4.56. The first-order chi connectivity index (χ1) is 12.5. The predicted octanol–water partition coefficient (Wildman–Crippen LogP) is 2.83. The molecule has 4 rings (SSSR count). The van der Waals surface area contributed by atoms with Gasteiger partial charge in [0.25, 0.3) is 5.91 Å². The number of benzene rings is 1. The van der Waals surface area contributed by atoms with Crippen LogP contribution >= 0.6 is 15.9 Å². The quantitative estimate of drug-likeness (QED) is 0.769. The van der Waals surface area contributed by atoms with Crippen molar-refractivity contribution >= 4 is 27.7 Å². The molecule has 1 saturated heterocycles. The normalized spacial score (nSPS) is 22.4. The molecular formula is C19H20BrN3O3. The number of halogens is 1. The van der Waals surface area contributed by atoms with E-state index in [2.05, 4.69) is 33.2 Å². The molecule has 2 amide bonds. The number of piperazine rings is 1. The summed E-state index contributed by atoms with van der Waals surface area (Å²) < 4.78 is 6.10. The highest BCUT2D eigenvalue weighted by Crippen LogP contribution is 2.48. The van der Waals surface area contributed by atoms with Crippen LogP contribution in [0.5, 0.6) is 0 Å². The summed E-state index contributed by atoms with van der Waals surface area (Å²) in [5.74, 6) is 0.722. The minimum Gasteiger partial charge on any atom is -0.351 e. The lowest BCUT2D eigenvalue weighted by Crippen LogP contribution is -2.51. The summed E-state index contributed by atoms with van der Waals surface area (Å²) >= 11 is 3.44. The van der Waals surface area contributed by atoms with Gasteiger partial charge in [-0.25, -0.2) is 0 Å². The van der Waals surface area contributed by atoms with Gasteiger partial charge in [-0.15, -0.1) is 0 Å². The van der Waals surface area contributed by atoms with Crippen molar-refractivity contribution in [2.75, 3.05) is 26.2 Å². The molecule has 2 atom stereocenters. The highest BCUT2D eigenvalue weighted by atomic mass is 79.9. The zero-order valence-electron chi connectivity index (χ0n) is 14.5. The molecule has 2 unspecified atom stereocenters. The lowest BCUT2D eigenvalue weighted by molar-refractivity contribution is -0.134. The van der Waals surface area contributed by atoms with Crippen molar-refractivity contribution < 1.29 is 14.1 Å². The highest BCUT2D eigenvalue weighted by molar-refractivity contribution is 9.10. The van der Waals surface area contributed by atoms with Crippen LogP contribution in [-0.2, 0) is 4.79 Å². The highest BCUT2D eigenvalue weighted by Gasteiger charge is 2.46. The average Bonchev–Trinajstić information content (AvgIpc) is 3.34.